The Hall–Kier alpha value is -1.54. The molecule has 0 spiro atoms. The minimum absolute atomic E-state index is 0.00262. The molecule has 0 saturated heterocycles. The summed E-state index contributed by atoms with van der Waals surface area (Å²) in [6.07, 6.45) is 0. The van der Waals surface area contributed by atoms with Gasteiger partial charge in [0.2, 0.25) is 0 Å². The molecule has 0 aromatic heterocycles. The van der Waals surface area contributed by atoms with Crippen molar-refractivity contribution >= 4 is 11.6 Å². The van der Waals surface area contributed by atoms with Crippen LogP contribution in [0.1, 0.15) is 5.56 Å². The summed E-state index contributed by atoms with van der Waals surface area (Å²) in [6.45, 7) is 1.89. The number of rotatable bonds is 1. The Bertz CT molecular complexity index is 537. The fourth-order valence-corrected chi connectivity index (χ4v) is 1.70. The average molecular weight is 237 g/mol. The Morgan fingerprint density at radius 3 is 2.56 bits per heavy atom. The van der Waals surface area contributed by atoms with Crippen LogP contribution in [0.3, 0.4) is 0 Å². The molecule has 3 heteroatoms. The highest BCUT2D eigenvalue weighted by atomic mass is 35.5. The number of hydrogen-bond acceptors (Lipinski definition) is 1. The molecule has 0 heterocycles. The quantitative estimate of drug-likeness (QED) is 0.788. The topological polar surface area (TPSA) is 20.2 Å². The highest BCUT2D eigenvalue weighted by Gasteiger charge is 2.06. The van der Waals surface area contributed by atoms with Crippen molar-refractivity contribution < 1.29 is 9.50 Å². The van der Waals surface area contributed by atoms with Gasteiger partial charge >= 0.3 is 0 Å². The zero-order chi connectivity index (χ0) is 11.7. The number of halogens is 2. The standard InChI is InChI=1S/C13H10ClFO/c1-8-2-4-10(15)7-11(8)9-3-5-12(14)13(16)6-9/h2-7,16H,1H3. The lowest BCUT2D eigenvalue weighted by molar-refractivity contribution is 0.476. The predicted octanol–water partition coefficient (Wildman–Crippen LogP) is 4.16. The van der Waals surface area contributed by atoms with Gasteiger partial charge in [-0.2, -0.15) is 0 Å². The van der Waals surface area contributed by atoms with E-state index < -0.39 is 0 Å². The van der Waals surface area contributed by atoms with Crippen molar-refractivity contribution in [3.05, 3.63) is 52.8 Å². The van der Waals surface area contributed by atoms with Crippen LogP contribution in [-0.4, -0.2) is 5.11 Å². The Morgan fingerprint density at radius 2 is 1.88 bits per heavy atom. The Balaban J connectivity index is 2.58. The maximum absolute atomic E-state index is 13.1. The molecule has 2 aromatic rings. The molecule has 1 N–H and O–H groups in total. The molecule has 0 radical (unpaired) electrons. The van der Waals surface area contributed by atoms with E-state index in [4.69, 9.17) is 11.6 Å². The second-order valence-electron chi connectivity index (χ2n) is 3.63. The van der Waals surface area contributed by atoms with Gasteiger partial charge in [-0.3, -0.25) is 0 Å². The SMILES string of the molecule is Cc1ccc(F)cc1-c1ccc(Cl)c(O)c1. The number of hydrogen-bond donors (Lipinski definition) is 1. The van der Waals surface area contributed by atoms with E-state index in [1.54, 1.807) is 18.2 Å². The van der Waals surface area contributed by atoms with Gasteiger partial charge in [0.15, 0.2) is 0 Å². The minimum atomic E-state index is -0.296. The summed E-state index contributed by atoms with van der Waals surface area (Å²) in [7, 11) is 0. The van der Waals surface area contributed by atoms with Crippen LogP contribution in [-0.2, 0) is 0 Å². The van der Waals surface area contributed by atoms with E-state index >= 15 is 0 Å². The zero-order valence-corrected chi connectivity index (χ0v) is 9.42. The van der Waals surface area contributed by atoms with E-state index in [1.165, 1.54) is 18.2 Å². The summed E-state index contributed by atoms with van der Waals surface area (Å²) >= 11 is 5.72. The molecule has 0 aliphatic heterocycles. The van der Waals surface area contributed by atoms with Crippen LogP contribution in [0.25, 0.3) is 11.1 Å². The second-order valence-corrected chi connectivity index (χ2v) is 4.03. The lowest BCUT2D eigenvalue weighted by atomic mass is 10.0. The average Bonchev–Trinajstić information content (AvgIpc) is 2.26. The molecule has 1 nitrogen and oxygen atoms in total. The summed E-state index contributed by atoms with van der Waals surface area (Å²) in [4.78, 5) is 0. The Kier molecular flexibility index (Phi) is 2.84. The van der Waals surface area contributed by atoms with Crippen LogP contribution < -0.4 is 0 Å². The van der Waals surface area contributed by atoms with Gasteiger partial charge in [-0.05, 0) is 47.9 Å². The smallest absolute Gasteiger partial charge is 0.134 e. The largest absolute Gasteiger partial charge is 0.506 e. The predicted molar refractivity (Wildman–Crippen MR) is 63.2 cm³/mol. The van der Waals surface area contributed by atoms with Crippen molar-refractivity contribution in [3.63, 3.8) is 0 Å². The monoisotopic (exact) mass is 236 g/mol. The summed E-state index contributed by atoms with van der Waals surface area (Å²) in [5.74, 6) is -0.294. The molecular weight excluding hydrogens is 227 g/mol. The van der Waals surface area contributed by atoms with Crippen LogP contribution >= 0.6 is 11.6 Å². The first-order valence-electron chi connectivity index (χ1n) is 4.83. The van der Waals surface area contributed by atoms with E-state index in [-0.39, 0.29) is 16.6 Å². The van der Waals surface area contributed by atoms with Gasteiger partial charge < -0.3 is 5.11 Å². The van der Waals surface area contributed by atoms with Crippen molar-refractivity contribution in [2.45, 2.75) is 6.92 Å². The molecule has 0 aliphatic rings. The van der Waals surface area contributed by atoms with Crippen molar-refractivity contribution in [1.29, 1.82) is 0 Å². The first-order chi connectivity index (χ1) is 7.58. The van der Waals surface area contributed by atoms with Gasteiger partial charge in [-0.1, -0.05) is 23.7 Å². The Morgan fingerprint density at radius 1 is 1.12 bits per heavy atom. The minimum Gasteiger partial charge on any atom is -0.506 e. The zero-order valence-electron chi connectivity index (χ0n) is 8.67. The molecule has 16 heavy (non-hydrogen) atoms. The molecular formula is C13H10ClFO. The van der Waals surface area contributed by atoms with Crippen molar-refractivity contribution in [3.8, 4) is 16.9 Å². The third-order valence-corrected chi connectivity index (χ3v) is 2.78. The molecule has 0 fully saturated rings. The lowest BCUT2D eigenvalue weighted by Gasteiger charge is -2.07. The van der Waals surface area contributed by atoms with Crippen molar-refractivity contribution in [2.75, 3.05) is 0 Å². The van der Waals surface area contributed by atoms with E-state index in [0.717, 1.165) is 16.7 Å². The van der Waals surface area contributed by atoms with Gasteiger partial charge in [0, 0.05) is 0 Å². The van der Waals surface area contributed by atoms with Crippen molar-refractivity contribution in [1.82, 2.24) is 0 Å². The van der Waals surface area contributed by atoms with E-state index in [1.807, 2.05) is 6.92 Å². The van der Waals surface area contributed by atoms with Crippen LogP contribution in [0, 0.1) is 12.7 Å². The first kappa shape index (κ1) is 11.0. The Labute approximate surface area is 98.1 Å². The maximum Gasteiger partial charge on any atom is 0.134 e. The number of aromatic hydroxyl groups is 1. The first-order valence-corrected chi connectivity index (χ1v) is 5.21. The highest BCUT2D eigenvalue weighted by Crippen LogP contribution is 2.31. The molecule has 0 atom stereocenters. The van der Waals surface area contributed by atoms with Crippen LogP contribution in [0.5, 0.6) is 5.75 Å². The van der Waals surface area contributed by atoms with E-state index in [0.29, 0.717) is 0 Å². The second kappa shape index (κ2) is 4.14. The molecule has 0 aliphatic carbocycles. The normalized spacial score (nSPS) is 10.4. The number of phenolic OH excluding ortho intramolecular Hbond substituents is 1. The summed E-state index contributed by atoms with van der Waals surface area (Å²) in [6, 6.07) is 9.44. The van der Waals surface area contributed by atoms with E-state index in [9.17, 15) is 9.50 Å². The molecule has 82 valence electrons. The molecule has 0 unspecified atom stereocenters. The highest BCUT2D eigenvalue weighted by molar-refractivity contribution is 6.32. The van der Waals surface area contributed by atoms with Crippen molar-refractivity contribution in [2.24, 2.45) is 0 Å². The van der Waals surface area contributed by atoms with Crippen LogP contribution in [0.4, 0.5) is 4.39 Å². The summed E-state index contributed by atoms with van der Waals surface area (Å²) in [5.41, 5.74) is 2.45. The molecule has 0 bridgehead atoms. The lowest BCUT2D eigenvalue weighted by Crippen LogP contribution is -1.85. The van der Waals surface area contributed by atoms with Gasteiger partial charge in [0.25, 0.3) is 0 Å². The summed E-state index contributed by atoms with van der Waals surface area (Å²) in [5, 5.41) is 9.79. The fourth-order valence-electron chi connectivity index (χ4n) is 1.59. The number of aryl methyl sites for hydroxylation is 1. The fraction of sp³-hybridized carbons (Fsp3) is 0.0769. The number of phenols is 1. The number of benzene rings is 2. The maximum atomic E-state index is 13.1. The van der Waals surface area contributed by atoms with Gasteiger partial charge in [0.1, 0.15) is 11.6 Å². The molecule has 0 amide bonds. The van der Waals surface area contributed by atoms with E-state index in [2.05, 4.69) is 0 Å². The van der Waals surface area contributed by atoms with Gasteiger partial charge in [-0.15, -0.1) is 0 Å². The third-order valence-electron chi connectivity index (χ3n) is 2.46. The molecule has 0 saturated carbocycles. The van der Waals surface area contributed by atoms with Gasteiger partial charge in [0.05, 0.1) is 5.02 Å². The van der Waals surface area contributed by atoms with Crippen LogP contribution in [0.15, 0.2) is 36.4 Å². The van der Waals surface area contributed by atoms with Crippen LogP contribution in [0.2, 0.25) is 5.02 Å². The third kappa shape index (κ3) is 2.02. The summed E-state index contributed by atoms with van der Waals surface area (Å²) < 4.78 is 13.1. The molecule has 2 rings (SSSR count). The van der Waals surface area contributed by atoms with Gasteiger partial charge in [-0.25, -0.2) is 4.39 Å². The molecule has 2 aromatic carbocycles.